The lowest BCUT2D eigenvalue weighted by molar-refractivity contribution is -0.111. The standard InChI is InChI=1S/C21H18Cl2N4O4/c1-9(16-17-13(23)7-11(22)8-15(17)26-18(16)20(29)30)19(28)27-14-6-4-3-5-12(14)10(2)25-21(24)31/h3-8,10,26H,1H2,2H3,(H,27,28)(H,29,30)(H3,24,25,31). The molecule has 0 saturated carbocycles. The van der Waals surface area contributed by atoms with E-state index in [4.69, 9.17) is 28.9 Å². The van der Waals surface area contributed by atoms with Crippen molar-refractivity contribution in [2.24, 2.45) is 5.73 Å². The molecule has 0 saturated heterocycles. The van der Waals surface area contributed by atoms with Crippen molar-refractivity contribution in [1.82, 2.24) is 10.3 Å². The molecule has 0 spiro atoms. The second-order valence-corrected chi connectivity index (χ2v) is 7.58. The minimum absolute atomic E-state index is 0.0578. The number of aromatic nitrogens is 1. The molecular formula is C21H18Cl2N4O4. The number of urea groups is 1. The fourth-order valence-electron chi connectivity index (χ4n) is 3.30. The smallest absolute Gasteiger partial charge is 0.352 e. The van der Waals surface area contributed by atoms with Gasteiger partial charge in [-0.2, -0.15) is 0 Å². The Morgan fingerprint density at radius 3 is 2.52 bits per heavy atom. The Kier molecular flexibility index (Phi) is 6.24. The van der Waals surface area contributed by atoms with Crippen LogP contribution in [0.25, 0.3) is 16.5 Å². The van der Waals surface area contributed by atoms with E-state index in [-0.39, 0.29) is 21.9 Å². The molecule has 1 heterocycles. The number of carboxylic acids is 1. The number of nitrogens with two attached hydrogens (primary N) is 1. The van der Waals surface area contributed by atoms with Crippen LogP contribution >= 0.6 is 23.2 Å². The fraction of sp³-hybridized carbons (Fsp3) is 0.0952. The van der Waals surface area contributed by atoms with Crippen molar-refractivity contribution < 1.29 is 19.5 Å². The van der Waals surface area contributed by atoms with Crippen LogP contribution in [0.3, 0.4) is 0 Å². The summed E-state index contributed by atoms with van der Waals surface area (Å²) in [5, 5.41) is 15.7. The molecule has 8 nitrogen and oxygen atoms in total. The molecule has 1 unspecified atom stereocenters. The number of rotatable bonds is 6. The molecule has 0 aliphatic heterocycles. The van der Waals surface area contributed by atoms with Crippen molar-refractivity contribution in [3.8, 4) is 0 Å². The SMILES string of the molecule is C=C(C(=O)Nc1ccccc1C(C)NC(N)=O)c1c(C(=O)O)[nH]c2cc(Cl)cc(Cl)c12. The summed E-state index contributed by atoms with van der Waals surface area (Å²) in [7, 11) is 0. The summed E-state index contributed by atoms with van der Waals surface area (Å²) in [6, 6.07) is 8.56. The largest absolute Gasteiger partial charge is 0.477 e. The third-order valence-corrected chi connectivity index (χ3v) is 5.15. The summed E-state index contributed by atoms with van der Waals surface area (Å²) >= 11 is 12.3. The molecule has 6 N–H and O–H groups in total. The number of hydrogen-bond acceptors (Lipinski definition) is 3. The number of carbonyl (C=O) groups is 3. The highest BCUT2D eigenvalue weighted by atomic mass is 35.5. The topological polar surface area (TPSA) is 137 Å². The monoisotopic (exact) mass is 460 g/mol. The molecule has 10 heteroatoms. The van der Waals surface area contributed by atoms with Crippen molar-refractivity contribution in [2.75, 3.05) is 5.32 Å². The molecule has 0 bridgehead atoms. The summed E-state index contributed by atoms with van der Waals surface area (Å²) in [5.41, 5.74) is 6.25. The van der Waals surface area contributed by atoms with E-state index in [2.05, 4.69) is 22.2 Å². The number of para-hydroxylation sites is 1. The minimum atomic E-state index is -1.29. The van der Waals surface area contributed by atoms with E-state index < -0.39 is 23.9 Å². The Morgan fingerprint density at radius 1 is 1.19 bits per heavy atom. The molecule has 1 atom stereocenters. The molecule has 0 fully saturated rings. The maximum absolute atomic E-state index is 13.0. The molecule has 3 aromatic rings. The van der Waals surface area contributed by atoms with Crippen molar-refractivity contribution in [3.63, 3.8) is 0 Å². The molecule has 0 aliphatic rings. The van der Waals surface area contributed by atoms with Gasteiger partial charge in [0, 0.05) is 32.7 Å². The van der Waals surface area contributed by atoms with Crippen molar-refractivity contribution in [1.29, 1.82) is 0 Å². The van der Waals surface area contributed by atoms with Gasteiger partial charge in [0.25, 0.3) is 5.91 Å². The Bertz CT molecular complexity index is 1240. The highest BCUT2D eigenvalue weighted by molar-refractivity contribution is 6.40. The van der Waals surface area contributed by atoms with Gasteiger partial charge in [-0.05, 0) is 30.7 Å². The van der Waals surface area contributed by atoms with Crippen LogP contribution in [0, 0.1) is 0 Å². The number of fused-ring (bicyclic) bond motifs is 1. The van der Waals surface area contributed by atoms with E-state index >= 15 is 0 Å². The minimum Gasteiger partial charge on any atom is -0.477 e. The van der Waals surface area contributed by atoms with Crippen LogP contribution in [0.2, 0.25) is 10.0 Å². The molecule has 3 amide bonds. The Morgan fingerprint density at radius 2 is 1.87 bits per heavy atom. The molecule has 3 rings (SSSR count). The molecular weight excluding hydrogens is 443 g/mol. The van der Waals surface area contributed by atoms with Gasteiger partial charge in [-0.1, -0.05) is 48.0 Å². The number of anilines is 1. The van der Waals surface area contributed by atoms with Crippen LogP contribution in [-0.2, 0) is 4.79 Å². The predicted octanol–water partition coefficient (Wildman–Crippen LogP) is 4.55. The lowest BCUT2D eigenvalue weighted by Crippen LogP contribution is -2.32. The predicted molar refractivity (Wildman–Crippen MR) is 121 cm³/mol. The van der Waals surface area contributed by atoms with Crippen LogP contribution < -0.4 is 16.4 Å². The molecule has 0 radical (unpaired) electrons. The first-order valence-corrected chi connectivity index (χ1v) is 9.75. The zero-order valence-electron chi connectivity index (χ0n) is 16.3. The normalized spacial score (nSPS) is 11.7. The summed E-state index contributed by atoms with van der Waals surface area (Å²) in [4.78, 5) is 38.7. The van der Waals surface area contributed by atoms with E-state index in [1.165, 1.54) is 12.1 Å². The van der Waals surface area contributed by atoms with E-state index in [1.54, 1.807) is 31.2 Å². The lowest BCUT2D eigenvalue weighted by Gasteiger charge is -2.18. The summed E-state index contributed by atoms with van der Waals surface area (Å²) in [6.45, 7) is 5.50. The lowest BCUT2D eigenvalue weighted by atomic mass is 10.0. The maximum Gasteiger partial charge on any atom is 0.352 e. The van der Waals surface area contributed by atoms with Crippen LogP contribution in [0.15, 0.2) is 43.0 Å². The van der Waals surface area contributed by atoms with Crippen molar-refractivity contribution in [3.05, 3.63) is 69.8 Å². The quantitative estimate of drug-likeness (QED) is 0.344. The number of aromatic carboxylic acids is 1. The van der Waals surface area contributed by atoms with E-state index in [9.17, 15) is 19.5 Å². The van der Waals surface area contributed by atoms with Crippen LogP contribution in [0.4, 0.5) is 10.5 Å². The van der Waals surface area contributed by atoms with Crippen molar-refractivity contribution >= 4 is 63.3 Å². The van der Waals surface area contributed by atoms with E-state index in [0.717, 1.165) is 0 Å². The van der Waals surface area contributed by atoms with Gasteiger partial charge in [0.1, 0.15) is 5.69 Å². The number of nitrogens with one attached hydrogen (secondary N) is 3. The fourth-order valence-corrected chi connectivity index (χ4v) is 3.89. The summed E-state index contributed by atoms with van der Waals surface area (Å²) in [5.74, 6) is -1.93. The third kappa shape index (κ3) is 4.50. The number of halogens is 2. The maximum atomic E-state index is 13.0. The van der Waals surface area contributed by atoms with Gasteiger partial charge in [-0.3, -0.25) is 4.79 Å². The average Bonchev–Trinajstić information content (AvgIpc) is 3.07. The highest BCUT2D eigenvalue weighted by Gasteiger charge is 2.25. The average molecular weight is 461 g/mol. The molecule has 1 aromatic heterocycles. The summed E-state index contributed by atoms with van der Waals surface area (Å²) in [6.07, 6.45) is 0. The van der Waals surface area contributed by atoms with Gasteiger partial charge >= 0.3 is 12.0 Å². The number of carboxylic acid groups (broad SMARTS) is 1. The number of benzene rings is 2. The van der Waals surface area contributed by atoms with Crippen LogP contribution in [-0.4, -0.2) is 28.0 Å². The van der Waals surface area contributed by atoms with E-state index in [1.807, 2.05) is 0 Å². The van der Waals surface area contributed by atoms with Gasteiger partial charge in [0.15, 0.2) is 0 Å². The van der Waals surface area contributed by atoms with Gasteiger partial charge in [-0.25, -0.2) is 9.59 Å². The van der Waals surface area contributed by atoms with Crippen LogP contribution in [0.1, 0.15) is 34.6 Å². The first-order valence-electron chi connectivity index (χ1n) is 8.99. The van der Waals surface area contributed by atoms with Crippen LogP contribution in [0.5, 0.6) is 0 Å². The number of primary amides is 1. The Hall–Kier alpha value is -3.49. The molecule has 0 aliphatic carbocycles. The van der Waals surface area contributed by atoms with E-state index in [0.29, 0.717) is 27.2 Å². The van der Waals surface area contributed by atoms with Gasteiger partial charge in [-0.15, -0.1) is 0 Å². The Labute approximate surface area is 187 Å². The molecule has 160 valence electrons. The van der Waals surface area contributed by atoms with Crippen molar-refractivity contribution in [2.45, 2.75) is 13.0 Å². The first kappa shape index (κ1) is 22.2. The van der Waals surface area contributed by atoms with Gasteiger partial charge < -0.3 is 26.5 Å². The number of carbonyl (C=O) groups excluding carboxylic acids is 2. The van der Waals surface area contributed by atoms with Gasteiger partial charge in [0.05, 0.1) is 11.1 Å². The van der Waals surface area contributed by atoms with Gasteiger partial charge in [0.2, 0.25) is 0 Å². The Balaban J connectivity index is 2.01. The third-order valence-electron chi connectivity index (χ3n) is 4.64. The number of hydrogen-bond donors (Lipinski definition) is 5. The number of amides is 3. The summed E-state index contributed by atoms with van der Waals surface area (Å²) < 4.78 is 0. The number of aromatic amines is 1. The molecule has 31 heavy (non-hydrogen) atoms. The first-order chi connectivity index (χ1) is 14.6. The zero-order valence-corrected chi connectivity index (χ0v) is 17.8. The second-order valence-electron chi connectivity index (χ2n) is 6.74. The zero-order chi connectivity index (χ0) is 22.9. The second kappa shape index (κ2) is 8.71. The molecule has 2 aromatic carbocycles. The number of H-pyrrole nitrogens is 1. The highest BCUT2D eigenvalue weighted by Crippen LogP contribution is 2.36.